The number of benzene rings is 3. The van der Waals surface area contributed by atoms with Crippen molar-refractivity contribution in [3.63, 3.8) is 0 Å². The second kappa shape index (κ2) is 16.2. The Balaban J connectivity index is 0.965. The summed E-state index contributed by atoms with van der Waals surface area (Å²) in [6.45, 7) is 14.6. The van der Waals surface area contributed by atoms with Gasteiger partial charge in [-0.15, -0.1) is 11.3 Å². The molecule has 0 saturated heterocycles. The van der Waals surface area contributed by atoms with Crippen molar-refractivity contribution < 1.29 is 9.53 Å². The van der Waals surface area contributed by atoms with Crippen LogP contribution in [0.25, 0.3) is 10.2 Å². The van der Waals surface area contributed by atoms with Gasteiger partial charge in [0.05, 0.1) is 22.9 Å². The summed E-state index contributed by atoms with van der Waals surface area (Å²) in [5.41, 5.74) is 7.46. The highest BCUT2D eigenvalue weighted by Gasteiger charge is 2.42. The van der Waals surface area contributed by atoms with Crippen molar-refractivity contribution in [3.05, 3.63) is 119 Å². The highest BCUT2D eigenvalue weighted by Crippen LogP contribution is 2.48. The number of nitrogens with zero attached hydrogens (tertiary/aromatic N) is 4. The molecule has 52 heavy (non-hydrogen) atoms. The fourth-order valence-corrected chi connectivity index (χ4v) is 8.59. The van der Waals surface area contributed by atoms with E-state index in [4.69, 9.17) is 10.00 Å². The van der Waals surface area contributed by atoms with Crippen molar-refractivity contribution >= 4 is 38.8 Å². The Bertz CT molecular complexity index is 2020. The fraction of sp³-hybridized carbons (Fsp3) is 0.386. The summed E-state index contributed by atoms with van der Waals surface area (Å²) in [4.78, 5) is 21.8. The van der Waals surface area contributed by atoms with Crippen LogP contribution in [0.15, 0.2) is 103 Å². The van der Waals surface area contributed by atoms with Crippen molar-refractivity contribution in [2.45, 2.75) is 83.6 Å². The standard InChI is InChI=1S/C44H51N5O2S/c1-6-48-36-20-14-12-18-33(36)43(2,3)39(48)22-9-7-10-23-40-44(4,5)34-19-13-15-21-37(34)49(40)28-16-8-11-24-41(50)46-27-17-29-51-32-25-26-35-38(30-32)52-42(31-45)47-35/h7,9-10,12-15,18-23,25-26,30,39H,6,8,11,16-17,24,27-29H2,1-5H3,(H,46,50)/b10-7+,22-9+,40-23+. The van der Waals surface area contributed by atoms with E-state index in [2.05, 4.69) is 140 Å². The van der Waals surface area contributed by atoms with Gasteiger partial charge in [-0.25, -0.2) is 4.98 Å². The maximum atomic E-state index is 12.5. The molecule has 0 fully saturated rings. The van der Waals surface area contributed by atoms with E-state index in [1.165, 1.54) is 39.5 Å². The molecule has 3 heterocycles. The minimum absolute atomic E-state index is 0.0434. The predicted octanol–water partition coefficient (Wildman–Crippen LogP) is 9.59. The van der Waals surface area contributed by atoms with Gasteiger partial charge in [-0.05, 0) is 73.7 Å². The Hall–Kier alpha value is -4.87. The first-order chi connectivity index (χ1) is 25.1. The van der Waals surface area contributed by atoms with Crippen molar-refractivity contribution in [1.29, 1.82) is 5.26 Å². The Morgan fingerprint density at radius 2 is 1.73 bits per heavy atom. The van der Waals surface area contributed by atoms with Crippen LogP contribution in [-0.2, 0) is 15.6 Å². The van der Waals surface area contributed by atoms with Gasteiger partial charge in [-0.3, -0.25) is 4.79 Å². The number of amides is 1. The number of carbonyl (C=O) groups is 1. The zero-order valence-electron chi connectivity index (χ0n) is 31.2. The number of para-hydroxylation sites is 2. The molecule has 0 bridgehead atoms. The second-order valence-corrected chi connectivity index (χ2v) is 15.7. The third-order valence-corrected chi connectivity index (χ3v) is 11.5. The van der Waals surface area contributed by atoms with Gasteiger partial charge >= 0.3 is 0 Å². The third kappa shape index (κ3) is 7.80. The molecule has 1 atom stereocenters. The van der Waals surface area contributed by atoms with Crippen LogP contribution in [0.5, 0.6) is 5.75 Å². The number of hydrogen-bond donors (Lipinski definition) is 1. The summed E-state index contributed by atoms with van der Waals surface area (Å²) in [5, 5.41) is 12.6. The molecule has 3 aromatic carbocycles. The molecule has 4 aromatic rings. The van der Waals surface area contributed by atoms with E-state index in [1.54, 1.807) is 0 Å². The first-order valence-corrected chi connectivity index (χ1v) is 19.5. The van der Waals surface area contributed by atoms with E-state index >= 15 is 0 Å². The number of nitriles is 1. The van der Waals surface area contributed by atoms with Gasteiger partial charge in [0, 0.05) is 54.0 Å². The van der Waals surface area contributed by atoms with E-state index in [0.29, 0.717) is 30.6 Å². The van der Waals surface area contributed by atoms with Gasteiger partial charge in [-0.2, -0.15) is 5.26 Å². The number of rotatable bonds is 15. The molecule has 2 aliphatic rings. The molecule has 7 nitrogen and oxygen atoms in total. The maximum Gasteiger partial charge on any atom is 0.219 e. The maximum absolute atomic E-state index is 12.5. The number of unbranched alkanes of at least 4 members (excludes halogenated alkanes) is 2. The van der Waals surface area contributed by atoms with E-state index in [1.807, 2.05) is 18.2 Å². The van der Waals surface area contributed by atoms with E-state index in [-0.39, 0.29) is 16.7 Å². The summed E-state index contributed by atoms with van der Waals surface area (Å²) >= 11 is 1.36. The van der Waals surface area contributed by atoms with Crippen LogP contribution < -0.4 is 19.9 Å². The number of allylic oxidation sites excluding steroid dienone is 5. The number of thiazole rings is 1. The van der Waals surface area contributed by atoms with Gasteiger partial charge < -0.3 is 19.9 Å². The SMILES string of the molecule is CCN1c2ccccc2C(C)(C)C1/C=C/C=C/C=C1/N(CCCCCC(=O)NCCCOc2ccc3nc(C#N)sc3c2)c2ccccc2C1(C)C. The lowest BCUT2D eigenvalue weighted by molar-refractivity contribution is -0.121. The molecule has 0 saturated carbocycles. The molecule has 0 radical (unpaired) electrons. The van der Waals surface area contributed by atoms with Crippen molar-refractivity contribution in [3.8, 4) is 11.8 Å². The monoisotopic (exact) mass is 713 g/mol. The van der Waals surface area contributed by atoms with Crippen LogP contribution >= 0.6 is 11.3 Å². The van der Waals surface area contributed by atoms with E-state index in [0.717, 1.165) is 54.7 Å². The molecular weight excluding hydrogens is 663 g/mol. The second-order valence-electron chi connectivity index (χ2n) is 14.7. The van der Waals surface area contributed by atoms with Crippen LogP contribution in [0.3, 0.4) is 0 Å². The van der Waals surface area contributed by atoms with Crippen molar-refractivity contribution in [1.82, 2.24) is 10.3 Å². The lowest BCUT2D eigenvalue weighted by Gasteiger charge is -2.31. The van der Waals surface area contributed by atoms with Crippen LogP contribution in [0.4, 0.5) is 11.4 Å². The zero-order chi connectivity index (χ0) is 36.7. The van der Waals surface area contributed by atoms with Gasteiger partial charge in [0.1, 0.15) is 11.8 Å². The number of ether oxygens (including phenoxy) is 1. The normalized spacial score (nSPS) is 18.0. The Labute approximate surface area is 313 Å². The molecule has 6 rings (SSSR count). The number of fused-ring (bicyclic) bond motifs is 3. The van der Waals surface area contributed by atoms with Crippen LogP contribution in [-0.4, -0.2) is 43.2 Å². The number of nitrogens with one attached hydrogen (secondary N) is 1. The molecule has 0 spiro atoms. The first kappa shape index (κ1) is 36.9. The largest absolute Gasteiger partial charge is 0.493 e. The van der Waals surface area contributed by atoms with E-state index in [9.17, 15) is 4.79 Å². The molecule has 0 aliphatic carbocycles. The fourth-order valence-electron chi connectivity index (χ4n) is 7.79. The molecule has 2 aliphatic heterocycles. The smallest absolute Gasteiger partial charge is 0.219 e. The van der Waals surface area contributed by atoms with Gasteiger partial charge in [0.25, 0.3) is 0 Å². The molecule has 270 valence electrons. The summed E-state index contributed by atoms with van der Waals surface area (Å²) < 4.78 is 6.80. The Morgan fingerprint density at radius 3 is 2.52 bits per heavy atom. The Kier molecular flexibility index (Phi) is 11.5. The van der Waals surface area contributed by atoms with Gasteiger partial charge in [0.2, 0.25) is 5.91 Å². The van der Waals surface area contributed by atoms with Crippen molar-refractivity contribution in [2.24, 2.45) is 0 Å². The summed E-state index contributed by atoms with van der Waals surface area (Å²) in [7, 11) is 0. The number of hydrogen-bond acceptors (Lipinski definition) is 7. The predicted molar refractivity (Wildman–Crippen MR) is 215 cm³/mol. The first-order valence-electron chi connectivity index (χ1n) is 18.6. The lowest BCUT2D eigenvalue weighted by atomic mass is 9.80. The highest BCUT2D eigenvalue weighted by atomic mass is 32.1. The molecule has 8 heteroatoms. The average molecular weight is 714 g/mol. The Morgan fingerprint density at radius 1 is 0.962 bits per heavy atom. The third-order valence-electron chi connectivity index (χ3n) is 10.5. The van der Waals surface area contributed by atoms with Gasteiger partial charge in [-0.1, -0.05) is 94.8 Å². The molecular formula is C44H51N5O2S. The molecule has 1 unspecified atom stereocenters. The summed E-state index contributed by atoms with van der Waals surface area (Å²) in [6, 6.07) is 25.6. The van der Waals surface area contributed by atoms with Crippen LogP contribution in [0.1, 0.15) is 82.9 Å². The molecule has 1 aromatic heterocycles. The van der Waals surface area contributed by atoms with Crippen LogP contribution in [0, 0.1) is 11.3 Å². The highest BCUT2D eigenvalue weighted by molar-refractivity contribution is 7.19. The zero-order valence-corrected chi connectivity index (χ0v) is 32.0. The topological polar surface area (TPSA) is 81.5 Å². The number of anilines is 2. The molecule has 1 N–H and O–H groups in total. The number of likely N-dealkylation sites (N-methyl/N-ethyl adjacent to an activating group) is 1. The quantitative estimate of drug-likeness (QED) is 0.0977. The minimum Gasteiger partial charge on any atom is -0.493 e. The minimum atomic E-state index is -0.100. The van der Waals surface area contributed by atoms with Gasteiger partial charge in [0.15, 0.2) is 5.01 Å². The van der Waals surface area contributed by atoms with Crippen molar-refractivity contribution in [2.75, 3.05) is 36.0 Å². The average Bonchev–Trinajstić information content (AvgIpc) is 3.73. The number of carbonyl (C=O) groups excluding carboxylic acids is 1. The van der Waals surface area contributed by atoms with E-state index < -0.39 is 0 Å². The number of aromatic nitrogens is 1. The summed E-state index contributed by atoms with van der Waals surface area (Å²) in [5.74, 6) is 0.842. The lowest BCUT2D eigenvalue weighted by Crippen LogP contribution is -2.39. The molecule has 1 amide bonds. The summed E-state index contributed by atoms with van der Waals surface area (Å²) in [6.07, 6.45) is 15.3. The van der Waals surface area contributed by atoms with Crippen LogP contribution in [0.2, 0.25) is 0 Å².